The van der Waals surface area contributed by atoms with Crippen molar-refractivity contribution in [2.75, 3.05) is 5.73 Å². The number of hydrogen-bond acceptors (Lipinski definition) is 6. The normalized spacial score (nSPS) is 17.5. The number of anilines is 1. The van der Waals surface area contributed by atoms with Gasteiger partial charge in [-0.25, -0.2) is 9.98 Å². The van der Waals surface area contributed by atoms with E-state index in [4.69, 9.17) is 20.5 Å². The fourth-order valence-corrected chi connectivity index (χ4v) is 8.38. The van der Waals surface area contributed by atoms with E-state index in [2.05, 4.69) is 108 Å². The van der Waals surface area contributed by atoms with Crippen molar-refractivity contribution in [3.63, 3.8) is 0 Å². The molecule has 0 aromatic heterocycles. The molecular weight excluding hydrogens is 651 g/mol. The van der Waals surface area contributed by atoms with E-state index in [1.165, 1.54) is 0 Å². The molecule has 1 aliphatic carbocycles. The molecule has 6 nitrogen and oxygen atoms in total. The second-order valence-corrected chi connectivity index (χ2v) is 13.5. The van der Waals surface area contributed by atoms with Crippen LogP contribution in [0.5, 0.6) is 11.5 Å². The maximum absolute atomic E-state index is 10.2. The maximum Gasteiger partial charge on any atom is 0.163 e. The third-order valence-corrected chi connectivity index (χ3v) is 10.6. The number of benzene rings is 7. The molecule has 2 unspecified atom stereocenters. The van der Waals surface area contributed by atoms with Gasteiger partial charge in [-0.1, -0.05) is 140 Å². The zero-order valence-corrected chi connectivity index (χ0v) is 28.5. The summed E-state index contributed by atoms with van der Waals surface area (Å²) in [4.78, 5) is 10.4. The summed E-state index contributed by atoms with van der Waals surface area (Å²) in [6.45, 7) is 0. The quantitative estimate of drug-likeness (QED) is 0.181. The highest BCUT2D eigenvalue weighted by Crippen LogP contribution is 2.64. The van der Waals surface area contributed by atoms with Gasteiger partial charge >= 0.3 is 0 Å². The predicted octanol–water partition coefficient (Wildman–Crippen LogP) is 9.77. The Kier molecular flexibility index (Phi) is 6.89. The van der Waals surface area contributed by atoms with Gasteiger partial charge in [-0.15, -0.1) is 0 Å². The largest absolute Gasteiger partial charge is 0.456 e. The Morgan fingerprint density at radius 3 is 2.09 bits per heavy atom. The average Bonchev–Trinajstić information content (AvgIpc) is 3.52. The van der Waals surface area contributed by atoms with E-state index in [0.29, 0.717) is 22.8 Å². The van der Waals surface area contributed by atoms with Crippen molar-refractivity contribution >= 4 is 17.4 Å². The molecule has 0 radical (unpaired) electrons. The molecule has 2 atom stereocenters. The van der Waals surface area contributed by atoms with Crippen LogP contribution in [0.2, 0.25) is 0 Å². The van der Waals surface area contributed by atoms with Crippen LogP contribution < -0.4 is 15.8 Å². The van der Waals surface area contributed by atoms with E-state index in [9.17, 15) is 5.26 Å². The third kappa shape index (κ3) is 4.58. The van der Waals surface area contributed by atoms with E-state index >= 15 is 0 Å². The summed E-state index contributed by atoms with van der Waals surface area (Å²) in [7, 11) is 0. The Bertz CT molecular complexity index is 2710. The lowest BCUT2D eigenvalue weighted by Crippen LogP contribution is -2.35. The molecule has 0 saturated heterocycles. The molecule has 53 heavy (non-hydrogen) atoms. The second kappa shape index (κ2) is 11.9. The summed E-state index contributed by atoms with van der Waals surface area (Å²) in [5, 5.41) is 13.8. The van der Waals surface area contributed by atoms with Crippen molar-refractivity contribution in [1.29, 1.82) is 5.26 Å². The van der Waals surface area contributed by atoms with Gasteiger partial charge in [0.15, 0.2) is 5.84 Å². The van der Waals surface area contributed by atoms with Crippen molar-refractivity contribution in [3.05, 3.63) is 208 Å². The van der Waals surface area contributed by atoms with Crippen molar-refractivity contribution in [3.8, 4) is 39.8 Å². The zero-order valence-electron chi connectivity index (χ0n) is 28.5. The molecule has 1 spiro atoms. The number of nitrogens with two attached hydrogens (primary N) is 1. The highest BCUT2D eigenvalue weighted by molar-refractivity contribution is 6.14. The van der Waals surface area contributed by atoms with Crippen LogP contribution in [-0.2, 0) is 5.41 Å². The van der Waals surface area contributed by atoms with Gasteiger partial charge in [0, 0.05) is 27.9 Å². The van der Waals surface area contributed by atoms with Crippen molar-refractivity contribution < 1.29 is 4.74 Å². The van der Waals surface area contributed by atoms with Gasteiger partial charge in [0.2, 0.25) is 0 Å². The van der Waals surface area contributed by atoms with Crippen LogP contribution in [0.15, 0.2) is 174 Å². The minimum absolute atomic E-state index is 0.357. The molecule has 0 bridgehead atoms. The number of hydrogen-bond donors (Lipinski definition) is 2. The van der Waals surface area contributed by atoms with Gasteiger partial charge in [-0.2, -0.15) is 5.26 Å². The summed E-state index contributed by atoms with van der Waals surface area (Å²) in [6.07, 6.45) is -0.357. The van der Waals surface area contributed by atoms with Crippen LogP contribution in [-0.4, -0.2) is 11.7 Å². The summed E-state index contributed by atoms with van der Waals surface area (Å²) in [5.41, 5.74) is 17.7. The predicted molar refractivity (Wildman–Crippen MR) is 210 cm³/mol. The molecule has 250 valence electrons. The van der Waals surface area contributed by atoms with Crippen LogP contribution in [0.1, 0.15) is 50.7 Å². The summed E-state index contributed by atoms with van der Waals surface area (Å²) in [5.74, 6) is 2.81. The van der Waals surface area contributed by atoms with E-state index in [0.717, 1.165) is 72.8 Å². The van der Waals surface area contributed by atoms with Gasteiger partial charge < -0.3 is 15.8 Å². The van der Waals surface area contributed by atoms with Gasteiger partial charge in [-0.05, 0) is 57.6 Å². The van der Waals surface area contributed by atoms with Crippen molar-refractivity contribution in [2.24, 2.45) is 9.98 Å². The Morgan fingerprint density at radius 2 is 1.28 bits per heavy atom. The SMILES string of the molecule is N#Cc1cc(N)ccc1-c1cccc2c1-c1ccccc1C21c2ccccc2Oc2c(C3=NC(c4ccccc4)NC(c4ccccc4)=N3)cccc21. The van der Waals surface area contributed by atoms with Gasteiger partial charge in [0.05, 0.1) is 22.6 Å². The second-order valence-electron chi connectivity index (χ2n) is 13.5. The molecule has 6 heteroatoms. The molecule has 10 rings (SSSR count). The fraction of sp³-hybridized carbons (Fsp3) is 0.0426. The lowest BCUT2D eigenvalue weighted by Gasteiger charge is -2.40. The number of fused-ring (bicyclic) bond motifs is 9. The Labute approximate surface area is 307 Å². The highest BCUT2D eigenvalue weighted by Gasteiger charge is 2.52. The number of para-hydroxylation sites is 2. The smallest absolute Gasteiger partial charge is 0.163 e. The molecule has 7 aromatic carbocycles. The molecular formula is C47H31N5O. The molecule has 7 aromatic rings. The molecule has 3 N–H and O–H groups in total. The number of nitrogens with one attached hydrogen (secondary N) is 1. The van der Waals surface area contributed by atoms with Crippen LogP contribution in [0.3, 0.4) is 0 Å². The standard InChI is InChI=1S/C47H31N5O/c48-28-31-27-32(49)25-26-33(31)34-18-11-22-39-42(34)35-17-7-8-20-37(35)47(39)38-21-9-10-24-41(38)53-43-36(19-12-23-40(43)47)46-51-44(29-13-3-1-4-14-29)50-45(52-46)30-15-5-2-6-16-30/h1-27,44H,49H2,(H,50,51,52). The zero-order chi connectivity index (χ0) is 35.5. The summed E-state index contributed by atoms with van der Waals surface area (Å²) >= 11 is 0. The Balaban J connectivity index is 1.26. The summed E-state index contributed by atoms with van der Waals surface area (Å²) < 4.78 is 7.00. The van der Waals surface area contributed by atoms with E-state index in [1.54, 1.807) is 6.07 Å². The van der Waals surface area contributed by atoms with E-state index in [-0.39, 0.29) is 6.17 Å². The fourth-order valence-electron chi connectivity index (χ4n) is 8.38. The van der Waals surface area contributed by atoms with E-state index in [1.807, 2.05) is 60.7 Å². The molecule has 3 aliphatic rings. The number of aliphatic imine (C=N–C) groups is 2. The van der Waals surface area contributed by atoms with Crippen molar-refractivity contribution in [2.45, 2.75) is 11.6 Å². The number of nitrogens with zero attached hydrogens (tertiary/aromatic N) is 3. The molecule has 2 heterocycles. The molecule has 2 aliphatic heterocycles. The first-order valence-electron chi connectivity index (χ1n) is 17.6. The van der Waals surface area contributed by atoms with Crippen LogP contribution >= 0.6 is 0 Å². The highest BCUT2D eigenvalue weighted by atomic mass is 16.5. The first kappa shape index (κ1) is 30.6. The molecule has 0 amide bonds. The average molecular weight is 682 g/mol. The van der Waals surface area contributed by atoms with Gasteiger partial charge in [0.1, 0.15) is 23.5 Å². The monoisotopic (exact) mass is 681 g/mol. The number of nitriles is 1. The molecule has 0 saturated carbocycles. The number of rotatable bonds is 4. The first-order valence-corrected chi connectivity index (χ1v) is 17.6. The summed E-state index contributed by atoms with van der Waals surface area (Å²) in [6, 6.07) is 58.0. The van der Waals surface area contributed by atoms with Crippen LogP contribution in [0, 0.1) is 11.3 Å². The number of amidine groups is 2. The minimum Gasteiger partial charge on any atom is -0.456 e. The Morgan fingerprint density at radius 1 is 0.623 bits per heavy atom. The third-order valence-electron chi connectivity index (χ3n) is 10.6. The minimum atomic E-state index is -0.735. The first-order chi connectivity index (χ1) is 26.1. The Hall–Kier alpha value is -7.23. The lowest BCUT2D eigenvalue weighted by molar-refractivity contribution is 0.435. The molecule has 0 fully saturated rings. The van der Waals surface area contributed by atoms with Gasteiger partial charge in [0.25, 0.3) is 0 Å². The van der Waals surface area contributed by atoms with Crippen LogP contribution in [0.4, 0.5) is 5.69 Å². The lowest BCUT2D eigenvalue weighted by atomic mass is 9.65. The number of nitrogen functional groups attached to an aromatic ring is 1. The number of ether oxygens (including phenoxy) is 1. The maximum atomic E-state index is 10.2. The topological polar surface area (TPSA) is 95.8 Å². The van der Waals surface area contributed by atoms with E-state index < -0.39 is 5.41 Å². The van der Waals surface area contributed by atoms with Gasteiger partial charge in [-0.3, -0.25) is 0 Å². The van der Waals surface area contributed by atoms with Crippen molar-refractivity contribution in [1.82, 2.24) is 5.32 Å². The van der Waals surface area contributed by atoms with Crippen LogP contribution in [0.25, 0.3) is 22.3 Å².